The van der Waals surface area contributed by atoms with E-state index in [9.17, 15) is 26.3 Å². The third-order valence-corrected chi connectivity index (χ3v) is 4.69. The molecule has 0 fully saturated rings. The van der Waals surface area contributed by atoms with Gasteiger partial charge in [0.05, 0.1) is 5.56 Å². The molecule has 0 aliphatic rings. The van der Waals surface area contributed by atoms with Gasteiger partial charge in [0.15, 0.2) is 5.65 Å². The minimum Gasteiger partial charge on any atom is -0.233 e. The van der Waals surface area contributed by atoms with Crippen molar-refractivity contribution in [2.75, 3.05) is 7.05 Å². The number of hydrogen-bond acceptors (Lipinski definition) is 4. The van der Waals surface area contributed by atoms with Crippen molar-refractivity contribution in [1.82, 2.24) is 18.9 Å². The molecule has 0 spiro atoms. The summed E-state index contributed by atoms with van der Waals surface area (Å²) in [5.74, 6) is 0. The van der Waals surface area contributed by atoms with Gasteiger partial charge in [-0.2, -0.15) is 31.4 Å². The number of fused-ring (bicyclic) bond motifs is 1. The zero-order valence-electron chi connectivity index (χ0n) is 17.7. The molecule has 31 heavy (non-hydrogen) atoms. The van der Waals surface area contributed by atoms with Crippen LogP contribution in [0.2, 0.25) is 0 Å². The van der Waals surface area contributed by atoms with Crippen LogP contribution in [0.15, 0.2) is 53.8 Å². The Hall–Kier alpha value is -2.27. The number of rotatable bonds is 4. The fraction of sp³-hybridized carbons (Fsp3) is 0.400. The molecule has 3 aromatic rings. The lowest BCUT2D eigenvalue weighted by molar-refractivity contribution is -0.169. The van der Waals surface area contributed by atoms with E-state index < -0.39 is 24.0 Å². The van der Waals surface area contributed by atoms with Crippen molar-refractivity contribution >= 4 is 17.6 Å². The van der Waals surface area contributed by atoms with Crippen molar-refractivity contribution in [1.29, 1.82) is 0 Å². The Morgan fingerprint density at radius 1 is 0.935 bits per heavy atom. The van der Waals surface area contributed by atoms with Gasteiger partial charge < -0.3 is 0 Å². The predicted octanol–water partition coefficient (Wildman–Crippen LogP) is 7.04. The minimum atomic E-state index is -4.68. The van der Waals surface area contributed by atoms with Gasteiger partial charge in [0.1, 0.15) is 12.4 Å². The monoisotopic (exact) mass is 466 g/mol. The highest BCUT2D eigenvalue weighted by Gasteiger charge is 2.44. The highest BCUT2D eigenvalue weighted by atomic mass is 32.2. The maximum absolute atomic E-state index is 13.6. The van der Waals surface area contributed by atoms with Crippen LogP contribution in [0, 0.1) is 0 Å². The summed E-state index contributed by atoms with van der Waals surface area (Å²) in [4.78, 5) is 4.45. The zero-order valence-corrected chi connectivity index (χ0v) is 18.5. The first-order chi connectivity index (χ1) is 14.6. The standard InChI is InChI=1S/C16H12F6N4S.2C2H6/c1-25(27-12-6-7-26-13(8-12)23-9-24-26)14(16(20,21)22)10-2-4-11(5-3-10)15(17,18)19;2*1-2/h2-9,14H,1H3;2*1-2H3. The highest BCUT2D eigenvalue weighted by Crippen LogP contribution is 2.42. The molecule has 0 radical (unpaired) electrons. The van der Waals surface area contributed by atoms with E-state index in [1.54, 1.807) is 18.3 Å². The van der Waals surface area contributed by atoms with Crippen molar-refractivity contribution in [2.24, 2.45) is 0 Å². The Balaban J connectivity index is 0.00000113. The average Bonchev–Trinajstić information content (AvgIpc) is 3.18. The molecule has 11 heteroatoms. The van der Waals surface area contributed by atoms with Crippen LogP contribution in [0.3, 0.4) is 0 Å². The van der Waals surface area contributed by atoms with Gasteiger partial charge in [-0.05, 0) is 48.8 Å². The van der Waals surface area contributed by atoms with Crippen molar-refractivity contribution < 1.29 is 26.3 Å². The lowest BCUT2D eigenvalue weighted by Crippen LogP contribution is -2.32. The Kier molecular flexibility index (Phi) is 9.82. The number of halogens is 6. The van der Waals surface area contributed by atoms with Crippen molar-refractivity contribution in [3.05, 3.63) is 60.0 Å². The van der Waals surface area contributed by atoms with Crippen LogP contribution < -0.4 is 0 Å². The highest BCUT2D eigenvalue weighted by molar-refractivity contribution is 7.97. The fourth-order valence-electron chi connectivity index (χ4n) is 2.53. The van der Waals surface area contributed by atoms with Gasteiger partial charge in [-0.15, -0.1) is 0 Å². The summed E-state index contributed by atoms with van der Waals surface area (Å²) < 4.78 is 81.1. The van der Waals surface area contributed by atoms with E-state index in [2.05, 4.69) is 10.1 Å². The summed E-state index contributed by atoms with van der Waals surface area (Å²) in [5, 5.41) is 3.90. The molecule has 1 unspecified atom stereocenters. The average molecular weight is 466 g/mol. The number of aromatic nitrogens is 3. The molecule has 1 atom stereocenters. The molecular weight excluding hydrogens is 442 g/mol. The number of benzene rings is 1. The fourth-order valence-corrected chi connectivity index (χ4v) is 3.49. The van der Waals surface area contributed by atoms with Crippen molar-refractivity contribution in [3.63, 3.8) is 0 Å². The molecule has 4 nitrogen and oxygen atoms in total. The van der Waals surface area contributed by atoms with Gasteiger partial charge in [0, 0.05) is 11.1 Å². The number of alkyl halides is 6. The molecule has 0 amide bonds. The first kappa shape index (κ1) is 26.8. The number of pyridine rings is 1. The molecule has 172 valence electrons. The smallest absolute Gasteiger partial charge is 0.233 e. The van der Waals surface area contributed by atoms with Crippen LogP contribution >= 0.6 is 11.9 Å². The molecule has 0 aliphatic carbocycles. The lowest BCUT2D eigenvalue weighted by Gasteiger charge is -2.29. The molecule has 2 heterocycles. The summed E-state index contributed by atoms with van der Waals surface area (Å²) in [7, 11) is 1.23. The lowest BCUT2D eigenvalue weighted by atomic mass is 10.0. The third-order valence-electron chi connectivity index (χ3n) is 3.73. The van der Waals surface area contributed by atoms with Crippen LogP contribution in [-0.4, -0.2) is 32.1 Å². The van der Waals surface area contributed by atoms with Crippen molar-refractivity contribution in [3.8, 4) is 0 Å². The van der Waals surface area contributed by atoms with E-state index in [1.807, 2.05) is 27.7 Å². The van der Waals surface area contributed by atoms with E-state index in [1.165, 1.54) is 17.9 Å². The summed E-state index contributed by atoms with van der Waals surface area (Å²) in [6.07, 6.45) is -6.42. The first-order valence-electron chi connectivity index (χ1n) is 9.50. The van der Waals surface area contributed by atoms with Crippen LogP contribution in [0.4, 0.5) is 26.3 Å². The second kappa shape index (κ2) is 11.4. The minimum absolute atomic E-state index is 0.283. The molecule has 3 rings (SSSR count). The van der Waals surface area contributed by atoms with Gasteiger partial charge in [-0.25, -0.2) is 13.8 Å². The van der Waals surface area contributed by atoms with Crippen LogP contribution in [0.5, 0.6) is 0 Å². The largest absolute Gasteiger partial charge is 0.416 e. The van der Waals surface area contributed by atoms with E-state index >= 15 is 0 Å². The van der Waals surface area contributed by atoms with E-state index in [-0.39, 0.29) is 5.56 Å². The van der Waals surface area contributed by atoms with Crippen LogP contribution in [0.25, 0.3) is 5.65 Å². The number of hydrogen-bond donors (Lipinski definition) is 0. The molecule has 0 bridgehead atoms. The summed E-state index contributed by atoms with van der Waals surface area (Å²) >= 11 is 0.811. The maximum Gasteiger partial charge on any atom is 0.416 e. The summed E-state index contributed by atoms with van der Waals surface area (Å²) in [5.41, 5.74) is -0.819. The number of nitrogens with zero attached hydrogens (tertiary/aromatic N) is 4. The van der Waals surface area contributed by atoms with Gasteiger partial charge in [-0.1, -0.05) is 39.8 Å². The second-order valence-electron chi connectivity index (χ2n) is 5.63. The van der Waals surface area contributed by atoms with E-state index in [0.29, 0.717) is 22.7 Å². The molecule has 1 aromatic carbocycles. The zero-order chi connectivity index (χ0) is 23.8. The van der Waals surface area contributed by atoms with E-state index in [4.69, 9.17) is 0 Å². The van der Waals surface area contributed by atoms with Gasteiger partial charge in [0.25, 0.3) is 0 Å². The summed E-state index contributed by atoms with van der Waals surface area (Å²) in [6, 6.07) is 4.04. The van der Waals surface area contributed by atoms with Crippen LogP contribution in [-0.2, 0) is 6.18 Å². The second-order valence-corrected chi connectivity index (χ2v) is 6.86. The molecule has 0 saturated heterocycles. The topological polar surface area (TPSA) is 33.4 Å². The van der Waals surface area contributed by atoms with Gasteiger partial charge in [-0.3, -0.25) is 0 Å². The Morgan fingerprint density at radius 3 is 2.03 bits per heavy atom. The van der Waals surface area contributed by atoms with Gasteiger partial charge >= 0.3 is 12.4 Å². The Bertz CT molecular complexity index is 922. The third kappa shape index (κ3) is 7.13. The SMILES string of the molecule is CC.CC.CN(Sc1ccn2ncnc2c1)C(c1ccc(C(F)(F)F)cc1)C(F)(F)F. The Labute approximate surface area is 181 Å². The Morgan fingerprint density at radius 2 is 1.52 bits per heavy atom. The maximum atomic E-state index is 13.6. The first-order valence-corrected chi connectivity index (χ1v) is 10.3. The quantitative estimate of drug-likeness (QED) is 0.305. The molecule has 0 saturated carbocycles. The molecule has 0 N–H and O–H groups in total. The van der Waals surface area contributed by atoms with E-state index in [0.717, 1.165) is 28.4 Å². The normalized spacial score (nSPS) is 12.6. The van der Waals surface area contributed by atoms with Crippen molar-refractivity contribution in [2.45, 2.75) is 51.0 Å². The molecule has 2 aromatic heterocycles. The molecule has 0 aliphatic heterocycles. The summed E-state index contributed by atoms with van der Waals surface area (Å²) in [6.45, 7) is 8.00. The van der Waals surface area contributed by atoms with Crippen LogP contribution in [0.1, 0.15) is 44.9 Å². The molecular formula is C20H24F6N4S. The van der Waals surface area contributed by atoms with Gasteiger partial charge in [0.2, 0.25) is 0 Å². The predicted molar refractivity (Wildman–Crippen MR) is 110 cm³/mol.